The van der Waals surface area contributed by atoms with E-state index in [1.54, 1.807) is 23.6 Å². The summed E-state index contributed by atoms with van der Waals surface area (Å²) >= 11 is 3.90. The third-order valence-corrected chi connectivity index (χ3v) is 5.64. The number of thiophene rings is 1. The highest BCUT2D eigenvalue weighted by Gasteiger charge is 2.06. The van der Waals surface area contributed by atoms with Crippen molar-refractivity contribution in [2.45, 2.75) is 45.4 Å². The molecule has 0 bridgehead atoms. The largest absolute Gasteiger partial charge is 0.362 e. The number of carbonyl (C=O) groups excluding carboxylic acids is 1. The lowest BCUT2D eigenvalue weighted by atomic mass is 10.1. The molecule has 2 nitrogen and oxygen atoms in total. The fraction of sp³-hybridized carbons (Fsp3) is 0.350. The molecule has 0 amide bonds. The van der Waals surface area contributed by atoms with E-state index in [0.29, 0.717) is 0 Å². The maximum atomic E-state index is 12.2. The van der Waals surface area contributed by atoms with E-state index in [4.69, 9.17) is 0 Å². The molecular formula is C20H24INOS. The van der Waals surface area contributed by atoms with Gasteiger partial charge in [-0.3, -0.25) is 4.79 Å². The Morgan fingerprint density at radius 1 is 1.08 bits per heavy atom. The quantitative estimate of drug-likeness (QED) is 0.188. The van der Waals surface area contributed by atoms with Crippen molar-refractivity contribution in [3.8, 4) is 0 Å². The summed E-state index contributed by atoms with van der Waals surface area (Å²) in [5.41, 5.74) is 0.985. The maximum absolute atomic E-state index is 12.2. The molecule has 0 unspecified atom stereocenters. The average Bonchev–Trinajstić information content (AvgIpc) is 3.05. The zero-order valence-electron chi connectivity index (χ0n) is 14.1. The summed E-state index contributed by atoms with van der Waals surface area (Å²) in [6.45, 7) is 2.23. The summed E-state index contributed by atoms with van der Waals surface area (Å²) in [5, 5.41) is 3.13. The van der Waals surface area contributed by atoms with Gasteiger partial charge in [-0.25, -0.2) is 0 Å². The minimum absolute atomic E-state index is 0.0650. The molecule has 2 aromatic rings. The van der Waals surface area contributed by atoms with Crippen LogP contribution in [0.4, 0.5) is 5.69 Å². The Labute approximate surface area is 162 Å². The number of hydrogen-bond acceptors (Lipinski definition) is 3. The van der Waals surface area contributed by atoms with Crippen LogP contribution in [0.25, 0.3) is 0 Å². The number of ketones is 1. The highest BCUT2D eigenvalue weighted by Crippen LogP contribution is 2.20. The van der Waals surface area contributed by atoms with Crippen molar-refractivity contribution in [2.75, 3.05) is 5.32 Å². The van der Waals surface area contributed by atoms with Gasteiger partial charge >= 0.3 is 0 Å². The molecule has 24 heavy (non-hydrogen) atoms. The summed E-state index contributed by atoms with van der Waals surface area (Å²) in [6, 6.07) is 12.1. The number of unbranched alkanes of at least 4 members (excludes halogenated alkanes) is 4. The third kappa shape index (κ3) is 6.77. The highest BCUT2D eigenvalue weighted by atomic mass is 127. The zero-order chi connectivity index (χ0) is 17.2. The van der Waals surface area contributed by atoms with E-state index in [-0.39, 0.29) is 5.78 Å². The Kier molecular flexibility index (Phi) is 8.53. The number of benzene rings is 1. The van der Waals surface area contributed by atoms with Gasteiger partial charge in [0.15, 0.2) is 5.78 Å². The summed E-state index contributed by atoms with van der Waals surface area (Å²) in [5.74, 6) is 0.0650. The standard InChI is InChI=1S/C20H24INOS/c1-2-3-4-5-6-7-18-12-13-20(24-18)19(23)14-15-22-17-10-8-16(21)9-11-17/h8-15,22H,2-7H2,1H3/b15-14-. The zero-order valence-corrected chi connectivity index (χ0v) is 17.0. The summed E-state index contributed by atoms with van der Waals surface area (Å²) in [6.07, 6.45) is 10.8. The first kappa shape index (κ1) is 19.2. The predicted octanol–water partition coefficient (Wildman–Crippen LogP) is 6.67. The Morgan fingerprint density at radius 2 is 1.83 bits per heavy atom. The van der Waals surface area contributed by atoms with Crippen molar-refractivity contribution in [1.29, 1.82) is 0 Å². The number of aryl methyl sites for hydroxylation is 1. The third-order valence-electron chi connectivity index (χ3n) is 3.76. The molecule has 1 N–H and O–H groups in total. The second-order valence-corrected chi connectivity index (χ2v) is 8.19. The lowest BCUT2D eigenvalue weighted by molar-refractivity contribution is 0.105. The SMILES string of the molecule is CCCCCCCc1ccc(C(=O)/C=C\Nc2ccc(I)cc2)s1. The molecule has 0 atom stereocenters. The molecular weight excluding hydrogens is 429 g/mol. The molecule has 1 aromatic carbocycles. The van der Waals surface area contributed by atoms with E-state index in [1.807, 2.05) is 30.3 Å². The Bertz CT molecular complexity index is 661. The number of rotatable bonds is 10. The van der Waals surface area contributed by atoms with Gasteiger partial charge in [0.2, 0.25) is 0 Å². The molecule has 1 heterocycles. The maximum Gasteiger partial charge on any atom is 0.197 e. The molecule has 0 aliphatic heterocycles. The molecule has 0 radical (unpaired) electrons. The molecule has 0 saturated heterocycles. The molecule has 0 saturated carbocycles. The van der Waals surface area contributed by atoms with Crippen LogP contribution < -0.4 is 5.32 Å². The first-order valence-electron chi connectivity index (χ1n) is 8.50. The average molecular weight is 453 g/mol. The second-order valence-electron chi connectivity index (χ2n) is 5.78. The fourth-order valence-electron chi connectivity index (χ4n) is 2.39. The van der Waals surface area contributed by atoms with Crippen molar-refractivity contribution in [1.82, 2.24) is 0 Å². The van der Waals surface area contributed by atoms with Crippen LogP contribution in [0.1, 0.15) is 53.6 Å². The van der Waals surface area contributed by atoms with Crippen LogP contribution in [0.15, 0.2) is 48.7 Å². The van der Waals surface area contributed by atoms with Gasteiger partial charge in [-0.05, 0) is 71.8 Å². The molecule has 1 aromatic heterocycles. The van der Waals surface area contributed by atoms with Gasteiger partial charge in [0.25, 0.3) is 0 Å². The molecule has 2 rings (SSSR count). The van der Waals surface area contributed by atoms with Crippen LogP contribution in [0, 0.1) is 3.57 Å². The van der Waals surface area contributed by atoms with Gasteiger partial charge in [0.1, 0.15) is 0 Å². The second kappa shape index (κ2) is 10.7. The first-order valence-corrected chi connectivity index (χ1v) is 10.4. The number of anilines is 1. The lowest BCUT2D eigenvalue weighted by Crippen LogP contribution is -1.93. The minimum atomic E-state index is 0.0650. The van der Waals surface area contributed by atoms with Crippen molar-refractivity contribution in [2.24, 2.45) is 0 Å². The van der Waals surface area contributed by atoms with Crippen molar-refractivity contribution in [3.05, 3.63) is 62.0 Å². The summed E-state index contributed by atoms with van der Waals surface area (Å²) in [4.78, 5) is 14.3. The summed E-state index contributed by atoms with van der Waals surface area (Å²) in [7, 11) is 0. The molecule has 0 aliphatic carbocycles. The van der Waals surface area contributed by atoms with Crippen molar-refractivity contribution in [3.63, 3.8) is 0 Å². The van der Waals surface area contributed by atoms with Gasteiger partial charge < -0.3 is 5.32 Å². The summed E-state index contributed by atoms with van der Waals surface area (Å²) < 4.78 is 1.19. The molecule has 0 fully saturated rings. The van der Waals surface area contributed by atoms with Crippen LogP contribution in [0.2, 0.25) is 0 Å². The van der Waals surface area contributed by atoms with Gasteiger partial charge in [-0.1, -0.05) is 32.6 Å². The van der Waals surface area contributed by atoms with E-state index in [1.165, 1.54) is 40.6 Å². The fourth-order valence-corrected chi connectivity index (χ4v) is 3.72. The van der Waals surface area contributed by atoms with Gasteiger partial charge in [-0.15, -0.1) is 11.3 Å². The molecule has 4 heteroatoms. The van der Waals surface area contributed by atoms with Crippen LogP contribution >= 0.6 is 33.9 Å². The van der Waals surface area contributed by atoms with Crippen molar-refractivity contribution >= 4 is 45.4 Å². The van der Waals surface area contributed by atoms with E-state index < -0.39 is 0 Å². The number of hydrogen-bond donors (Lipinski definition) is 1. The Morgan fingerprint density at radius 3 is 2.58 bits per heavy atom. The van der Waals surface area contributed by atoms with E-state index in [2.05, 4.69) is 40.9 Å². The molecule has 0 spiro atoms. The number of carbonyl (C=O) groups is 1. The molecule has 128 valence electrons. The monoisotopic (exact) mass is 453 g/mol. The lowest BCUT2D eigenvalue weighted by Gasteiger charge is -1.99. The normalized spacial score (nSPS) is 11.1. The van der Waals surface area contributed by atoms with E-state index in [9.17, 15) is 4.79 Å². The molecule has 0 aliphatic rings. The highest BCUT2D eigenvalue weighted by molar-refractivity contribution is 14.1. The van der Waals surface area contributed by atoms with E-state index in [0.717, 1.165) is 17.0 Å². The number of allylic oxidation sites excluding steroid dienone is 1. The van der Waals surface area contributed by atoms with Crippen molar-refractivity contribution < 1.29 is 4.79 Å². The van der Waals surface area contributed by atoms with Crippen LogP contribution in [-0.4, -0.2) is 5.78 Å². The van der Waals surface area contributed by atoms with Gasteiger partial charge in [-0.2, -0.15) is 0 Å². The number of halogens is 1. The van der Waals surface area contributed by atoms with Crippen LogP contribution in [0.5, 0.6) is 0 Å². The van der Waals surface area contributed by atoms with Crippen LogP contribution in [-0.2, 0) is 6.42 Å². The Hall–Kier alpha value is -1.14. The smallest absolute Gasteiger partial charge is 0.197 e. The predicted molar refractivity (Wildman–Crippen MR) is 113 cm³/mol. The number of nitrogens with one attached hydrogen (secondary N) is 1. The van der Waals surface area contributed by atoms with Gasteiger partial charge in [0.05, 0.1) is 4.88 Å². The Balaban J connectivity index is 1.77. The minimum Gasteiger partial charge on any atom is -0.362 e. The van der Waals surface area contributed by atoms with E-state index >= 15 is 0 Å². The topological polar surface area (TPSA) is 29.1 Å². The first-order chi connectivity index (χ1) is 11.7. The van der Waals surface area contributed by atoms with Crippen LogP contribution in [0.3, 0.4) is 0 Å². The van der Waals surface area contributed by atoms with Gasteiger partial charge in [0, 0.05) is 26.4 Å².